The first-order valence-corrected chi connectivity index (χ1v) is 5.71. The molecule has 0 atom stereocenters. The van der Waals surface area contributed by atoms with Crippen molar-refractivity contribution in [2.24, 2.45) is 5.73 Å². The van der Waals surface area contributed by atoms with E-state index in [1.165, 1.54) is 19.3 Å². The molecule has 0 aromatic carbocycles. The topological polar surface area (TPSA) is 46.3 Å². The van der Waals surface area contributed by atoms with Crippen molar-refractivity contribution in [1.82, 2.24) is 4.90 Å². The lowest BCUT2D eigenvalue weighted by atomic mass is 10.2. The summed E-state index contributed by atoms with van der Waals surface area (Å²) in [5, 5.41) is 0. The van der Waals surface area contributed by atoms with Gasteiger partial charge in [0.05, 0.1) is 0 Å². The van der Waals surface area contributed by atoms with Crippen LogP contribution >= 0.6 is 0 Å². The number of hydrogen-bond donors (Lipinski definition) is 1. The fourth-order valence-corrected chi connectivity index (χ4v) is 1.49. The van der Waals surface area contributed by atoms with Gasteiger partial charge in [-0.2, -0.15) is 0 Å². The highest BCUT2D eigenvalue weighted by molar-refractivity contribution is 5.73. The summed E-state index contributed by atoms with van der Waals surface area (Å²) in [6, 6.07) is 0. The molecule has 0 aliphatic heterocycles. The smallest absolute Gasteiger partial charge is 0.217 e. The molecule has 0 aromatic heterocycles. The van der Waals surface area contributed by atoms with E-state index in [9.17, 15) is 4.79 Å². The molecule has 0 saturated carbocycles. The van der Waals surface area contributed by atoms with Crippen molar-refractivity contribution in [3.63, 3.8) is 0 Å². The van der Waals surface area contributed by atoms with E-state index in [4.69, 9.17) is 5.73 Å². The van der Waals surface area contributed by atoms with Crippen LogP contribution in [0.15, 0.2) is 0 Å². The summed E-state index contributed by atoms with van der Waals surface area (Å²) >= 11 is 0. The van der Waals surface area contributed by atoms with Gasteiger partial charge in [0.25, 0.3) is 0 Å². The van der Waals surface area contributed by atoms with Gasteiger partial charge in [0.1, 0.15) is 0 Å². The van der Waals surface area contributed by atoms with Crippen molar-refractivity contribution >= 4 is 5.91 Å². The summed E-state index contributed by atoms with van der Waals surface area (Å²) in [4.78, 5) is 12.9. The zero-order valence-electron chi connectivity index (χ0n) is 9.59. The van der Waals surface area contributed by atoms with Gasteiger partial charge >= 0.3 is 0 Å². The van der Waals surface area contributed by atoms with Gasteiger partial charge in [0.15, 0.2) is 0 Å². The van der Waals surface area contributed by atoms with Crippen LogP contribution in [0.3, 0.4) is 0 Å². The van der Waals surface area contributed by atoms with E-state index in [-0.39, 0.29) is 5.91 Å². The monoisotopic (exact) mass is 200 g/mol. The number of primary amides is 1. The van der Waals surface area contributed by atoms with E-state index in [1.807, 2.05) is 0 Å². The average molecular weight is 200 g/mol. The molecule has 0 aromatic rings. The lowest BCUT2D eigenvalue weighted by molar-refractivity contribution is -0.118. The second-order valence-corrected chi connectivity index (χ2v) is 3.71. The van der Waals surface area contributed by atoms with Crippen molar-refractivity contribution in [3.05, 3.63) is 0 Å². The molecular formula is C11H24N2O. The van der Waals surface area contributed by atoms with Gasteiger partial charge in [0, 0.05) is 6.42 Å². The molecule has 84 valence electrons. The van der Waals surface area contributed by atoms with Gasteiger partial charge in [-0.15, -0.1) is 0 Å². The Morgan fingerprint density at radius 2 is 1.79 bits per heavy atom. The molecule has 0 saturated heterocycles. The maximum Gasteiger partial charge on any atom is 0.217 e. The Morgan fingerprint density at radius 3 is 2.29 bits per heavy atom. The number of nitrogens with zero attached hydrogens (tertiary/aromatic N) is 1. The van der Waals surface area contributed by atoms with Crippen LogP contribution in [0.4, 0.5) is 0 Å². The van der Waals surface area contributed by atoms with Crippen LogP contribution in [-0.4, -0.2) is 30.4 Å². The minimum absolute atomic E-state index is 0.186. The molecule has 0 radical (unpaired) electrons. The second-order valence-electron chi connectivity index (χ2n) is 3.71. The first kappa shape index (κ1) is 13.4. The van der Waals surface area contributed by atoms with Gasteiger partial charge in [-0.3, -0.25) is 4.79 Å². The number of amides is 1. The van der Waals surface area contributed by atoms with Crippen LogP contribution in [0, 0.1) is 0 Å². The predicted molar refractivity (Wildman–Crippen MR) is 60.1 cm³/mol. The highest BCUT2D eigenvalue weighted by atomic mass is 16.1. The molecule has 2 N–H and O–H groups in total. The van der Waals surface area contributed by atoms with Crippen LogP contribution in [0.1, 0.15) is 46.0 Å². The number of nitrogens with two attached hydrogens (primary N) is 1. The molecule has 0 unspecified atom stereocenters. The van der Waals surface area contributed by atoms with E-state index in [2.05, 4.69) is 18.7 Å². The number of carbonyl (C=O) groups is 1. The normalized spacial score (nSPS) is 10.8. The van der Waals surface area contributed by atoms with Gasteiger partial charge in [0.2, 0.25) is 5.91 Å². The Morgan fingerprint density at radius 1 is 1.14 bits per heavy atom. The minimum atomic E-state index is -0.186. The largest absolute Gasteiger partial charge is 0.370 e. The molecule has 0 bridgehead atoms. The van der Waals surface area contributed by atoms with Crippen molar-refractivity contribution < 1.29 is 4.79 Å². The number of carbonyl (C=O) groups excluding carboxylic acids is 1. The van der Waals surface area contributed by atoms with E-state index in [1.54, 1.807) is 0 Å². The molecule has 0 aliphatic carbocycles. The predicted octanol–water partition coefficient (Wildman–Crippen LogP) is 1.76. The van der Waals surface area contributed by atoms with E-state index < -0.39 is 0 Å². The lowest BCUT2D eigenvalue weighted by Crippen LogP contribution is -2.26. The Labute approximate surface area is 87.6 Å². The number of hydrogen-bond acceptors (Lipinski definition) is 2. The summed E-state index contributed by atoms with van der Waals surface area (Å²) in [5.41, 5.74) is 5.08. The third kappa shape index (κ3) is 8.05. The zero-order valence-corrected chi connectivity index (χ0v) is 9.59. The molecule has 0 heterocycles. The molecule has 3 heteroatoms. The highest BCUT2D eigenvalue weighted by Gasteiger charge is 2.02. The molecule has 0 spiro atoms. The summed E-state index contributed by atoms with van der Waals surface area (Å²) in [7, 11) is 0. The maximum atomic E-state index is 10.5. The summed E-state index contributed by atoms with van der Waals surface area (Å²) in [5.74, 6) is -0.186. The number of rotatable bonds is 9. The van der Waals surface area contributed by atoms with Crippen LogP contribution < -0.4 is 5.73 Å². The van der Waals surface area contributed by atoms with Crippen LogP contribution in [0.5, 0.6) is 0 Å². The third-order valence-corrected chi connectivity index (χ3v) is 2.42. The zero-order chi connectivity index (χ0) is 10.8. The van der Waals surface area contributed by atoms with Gasteiger partial charge in [-0.25, -0.2) is 0 Å². The standard InChI is InChI=1S/C11H24N2O/c1-3-5-6-9-13(4-2)10-7-8-11(12)14/h3-10H2,1-2H3,(H2,12,14). The van der Waals surface area contributed by atoms with Gasteiger partial charge < -0.3 is 10.6 Å². The Kier molecular flexibility index (Phi) is 8.64. The third-order valence-electron chi connectivity index (χ3n) is 2.42. The number of unbranched alkanes of at least 4 members (excludes halogenated alkanes) is 2. The molecule has 3 nitrogen and oxygen atoms in total. The molecule has 0 rings (SSSR count). The molecule has 0 fully saturated rings. The summed E-state index contributed by atoms with van der Waals surface area (Å²) in [6.07, 6.45) is 5.24. The summed E-state index contributed by atoms with van der Waals surface area (Å²) in [6.45, 7) is 7.61. The fourth-order valence-electron chi connectivity index (χ4n) is 1.49. The molecule has 0 aliphatic rings. The summed E-state index contributed by atoms with van der Waals surface area (Å²) < 4.78 is 0. The van der Waals surface area contributed by atoms with Crippen molar-refractivity contribution in [2.45, 2.75) is 46.0 Å². The highest BCUT2D eigenvalue weighted by Crippen LogP contribution is 2.00. The fraction of sp³-hybridized carbons (Fsp3) is 0.909. The Bertz CT molecular complexity index is 148. The molecule has 1 amide bonds. The second kappa shape index (κ2) is 9.00. The van der Waals surface area contributed by atoms with Gasteiger partial charge in [-0.1, -0.05) is 26.7 Å². The quantitative estimate of drug-likeness (QED) is 0.576. The van der Waals surface area contributed by atoms with Crippen molar-refractivity contribution in [1.29, 1.82) is 0 Å². The first-order chi connectivity index (χ1) is 6.70. The first-order valence-electron chi connectivity index (χ1n) is 5.71. The van der Waals surface area contributed by atoms with Crippen LogP contribution in [0.2, 0.25) is 0 Å². The Hall–Kier alpha value is -0.570. The Balaban J connectivity index is 3.42. The van der Waals surface area contributed by atoms with Crippen LogP contribution in [-0.2, 0) is 4.79 Å². The van der Waals surface area contributed by atoms with Crippen molar-refractivity contribution in [3.8, 4) is 0 Å². The average Bonchev–Trinajstić information content (AvgIpc) is 2.15. The minimum Gasteiger partial charge on any atom is -0.370 e. The lowest BCUT2D eigenvalue weighted by Gasteiger charge is -2.19. The van der Waals surface area contributed by atoms with Gasteiger partial charge in [-0.05, 0) is 32.5 Å². The van der Waals surface area contributed by atoms with E-state index in [0.29, 0.717) is 6.42 Å². The van der Waals surface area contributed by atoms with E-state index >= 15 is 0 Å². The SMILES string of the molecule is CCCCCN(CC)CCCC(N)=O. The molecule has 14 heavy (non-hydrogen) atoms. The van der Waals surface area contributed by atoms with Crippen LogP contribution in [0.25, 0.3) is 0 Å². The van der Waals surface area contributed by atoms with Crippen molar-refractivity contribution in [2.75, 3.05) is 19.6 Å². The maximum absolute atomic E-state index is 10.5. The van der Waals surface area contributed by atoms with E-state index in [0.717, 1.165) is 26.1 Å². The molecular weight excluding hydrogens is 176 g/mol.